The Bertz CT molecular complexity index is 751. The molecule has 0 bridgehead atoms. The highest BCUT2D eigenvalue weighted by Gasteiger charge is 2.31. The van der Waals surface area contributed by atoms with Gasteiger partial charge >= 0.3 is 0 Å². The molecule has 0 aliphatic carbocycles. The molecule has 0 spiro atoms. The summed E-state index contributed by atoms with van der Waals surface area (Å²) in [6, 6.07) is 11.0. The molecule has 1 amide bonds. The predicted molar refractivity (Wildman–Crippen MR) is 92.8 cm³/mol. The molecule has 2 aromatic rings. The minimum atomic E-state index is -0.591. The summed E-state index contributed by atoms with van der Waals surface area (Å²) in [4.78, 5) is 14.8. The monoisotopic (exact) mass is 338 g/mol. The van der Waals surface area contributed by atoms with E-state index in [1.165, 1.54) is 0 Å². The standard InChI is InChI=1S/C19H22N4O2/c1-15(25-18-8-4-6-16(12-18)13-20)19(24)23-11-3-2-7-17(23)14-22-10-5-9-21-22/h4-6,8-10,12,15,17H,2-3,7,11,14H2,1H3/t15-,17-/m1/s1. The molecule has 25 heavy (non-hydrogen) atoms. The highest BCUT2D eigenvalue weighted by molar-refractivity contribution is 5.81. The molecule has 2 heterocycles. The van der Waals surface area contributed by atoms with Crippen LogP contribution in [0.5, 0.6) is 5.75 Å². The Morgan fingerprint density at radius 2 is 2.32 bits per heavy atom. The minimum Gasteiger partial charge on any atom is -0.481 e. The van der Waals surface area contributed by atoms with Gasteiger partial charge in [-0.1, -0.05) is 6.07 Å². The van der Waals surface area contributed by atoms with Gasteiger partial charge in [0.2, 0.25) is 0 Å². The first-order valence-electron chi connectivity index (χ1n) is 8.62. The maximum Gasteiger partial charge on any atom is 0.263 e. The number of likely N-dealkylation sites (tertiary alicyclic amines) is 1. The zero-order valence-electron chi connectivity index (χ0n) is 14.3. The van der Waals surface area contributed by atoms with Gasteiger partial charge in [0, 0.05) is 18.9 Å². The van der Waals surface area contributed by atoms with Crippen molar-refractivity contribution < 1.29 is 9.53 Å². The summed E-state index contributed by atoms with van der Waals surface area (Å²) < 4.78 is 7.66. The van der Waals surface area contributed by atoms with Crippen molar-refractivity contribution in [3.63, 3.8) is 0 Å². The normalized spacial score (nSPS) is 18.4. The Balaban J connectivity index is 1.67. The summed E-state index contributed by atoms with van der Waals surface area (Å²) >= 11 is 0. The summed E-state index contributed by atoms with van der Waals surface area (Å²) in [5, 5.41) is 13.2. The Kier molecular flexibility index (Phi) is 5.34. The maximum absolute atomic E-state index is 12.9. The van der Waals surface area contributed by atoms with Crippen molar-refractivity contribution in [1.82, 2.24) is 14.7 Å². The van der Waals surface area contributed by atoms with E-state index in [0.717, 1.165) is 25.8 Å². The number of carbonyl (C=O) groups excluding carboxylic acids is 1. The number of hydrogen-bond donors (Lipinski definition) is 0. The van der Waals surface area contributed by atoms with E-state index in [1.807, 2.05) is 21.8 Å². The van der Waals surface area contributed by atoms with E-state index in [4.69, 9.17) is 10.00 Å². The number of benzene rings is 1. The molecule has 1 aromatic heterocycles. The second kappa shape index (κ2) is 7.84. The number of rotatable bonds is 5. The SMILES string of the molecule is C[C@@H](Oc1cccc(C#N)c1)C(=O)N1CCCC[C@@H]1Cn1cccn1. The number of aromatic nitrogens is 2. The first-order chi connectivity index (χ1) is 12.2. The number of nitriles is 1. The maximum atomic E-state index is 12.9. The van der Waals surface area contributed by atoms with E-state index in [2.05, 4.69) is 11.2 Å². The molecule has 1 saturated heterocycles. The number of nitrogens with zero attached hydrogens (tertiary/aromatic N) is 4. The first-order valence-corrected chi connectivity index (χ1v) is 8.62. The van der Waals surface area contributed by atoms with Crippen LogP contribution in [0, 0.1) is 11.3 Å². The Morgan fingerprint density at radius 3 is 3.08 bits per heavy atom. The van der Waals surface area contributed by atoms with E-state index in [0.29, 0.717) is 17.9 Å². The minimum absolute atomic E-state index is 0.0146. The Labute approximate surface area is 147 Å². The van der Waals surface area contributed by atoms with Crippen molar-refractivity contribution in [3.8, 4) is 11.8 Å². The van der Waals surface area contributed by atoms with Gasteiger partial charge in [0.1, 0.15) is 5.75 Å². The van der Waals surface area contributed by atoms with Gasteiger partial charge in [-0.2, -0.15) is 10.4 Å². The lowest BCUT2D eigenvalue weighted by Gasteiger charge is -2.37. The molecule has 6 nitrogen and oxygen atoms in total. The fraction of sp³-hybridized carbons (Fsp3) is 0.421. The summed E-state index contributed by atoms with van der Waals surface area (Å²) in [5.74, 6) is 0.528. The lowest BCUT2D eigenvalue weighted by molar-refractivity contribution is -0.142. The molecule has 2 atom stereocenters. The third-order valence-electron chi connectivity index (χ3n) is 4.49. The van der Waals surface area contributed by atoms with Crippen molar-refractivity contribution in [2.75, 3.05) is 6.54 Å². The van der Waals surface area contributed by atoms with Crippen molar-refractivity contribution >= 4 is 5.91 Å². The number of amides is 1. The molecule has 1 aliphatic rings. The van der Waals surface area contributed by atoms with Crippen molar-refractivity contribution in [2.24, 2.45) is 0 Å². The highest BCUT2D eigenvalue weighted by atomic mass is 16.5. The fourth-order valence-corrected chi connectivity index (χ4v) is 3.23. The molecule has 130 valence electrons. The van der Waals surface area contributed by atoms with Crippen LogP contribution in [0.15, 0.2) is 42.7 Å². The van der Waals surface area contributed by atoms with E-state index in [-0.39, 0.29) is 11.9 Å². The van der Waals surface area contributed by atoms with Gasteiger partial charge in [-0.3, -0.25) is 9.48 Å². The van der Waals surface area contributed by atoms with Gasteiger partial charge < -0.3 is 9.64 Å². The largest absolute Gasteiger partial charge is 0.481 e. The van der Waals surface area contributed by atoms with Crippen LogP contribution in [-0.2, 0) is 11.3 Å². The fourth-order valence-electron chi connectivity index (χ4n) is 3.23. The van der Waals surface area contributed by atoms with Crippen LogP contribution in [0.4, 0.5) is 0 Å². The molecule has 0 saturated carbocycles. The van der Waals surface area contributed by atoms with Crippen LogP contribution in [0.2, 0.25) is 0 Å². The molecule has 1 aliphatic heterocycles. The smallest absolute Gasteiger partial charge is 0.263 e. The molecule has 0 radical (unpaired) electrons. The summed E-state index contributed by atoms with van der Waals surface area (Å²) in [6.07, 6.45) is 6.19. The van der Waals surface area contributed by atoms with Crippen LogP contribution in [0.3, 0.4) is 0 Å². The Hall–Kier alpha value is -2.81. The topological polar surface area (TPSA) is 71.2 Å². The van der Waals surface area contributed by atoms with Crippen LogP contribution in [-0.4, -0.2) is 39.3 Å². The average Bonchev–Trinajstić information content (AvgIpc) is 3.15. The molecule has 0 unspecified atom stereocenters. The van der Waals surface area contributed by atoms with Crippen molar-refractivity contribution in [1.29, 1.82) is 5.26 Å². The quantitative estimate of drug-likeness (QED) is 0.840. The van der Waals surface area contributed by atoms with Crippen molar-refractivity contribution in [2.45, 2.75) is 44.9 Å². The third kappa shape index (κ3) is 4.18. The number of carbonyl (C=O) groups is 1. The highest BCUT2D eigenvalue weighted by Crippen LogP contribution is 2.21. The second-order valence-corrected chi connectivity index (χ2v) is 6.31. The molecule has 3 rings (SSSR count). The molecule has 0 N–H and O–H groups in total. The molecule has 1 aromatic carbocycles. The Morgan fingerprint density at radius 1 is 1.44 bits per heavy atom. The summed E-state index contributed by atoms with van der Waals surface area (Å²) in [7, 11) is 0. The molecule has 6 heteroatoms. The van der Waals surface area contributed by atoms with Gasteiger partial charge in [0.05, 0.1) is 24.2 Å². The van der Waals surface area contributed by atoms with E-state index < -0.39 is 6.10 Å². The average molecular weight is 338 g/mol. The zero-order valence-corrected chi connectivity index (χ0v) is 14.3. The van der Waals surface area contributed by atoms with Gasteiger partial charge in [0.25, 0.3) is 5.91 Å². The van der Waals surface area contributed by atoms with Gasteiger partial charge in [-0.15, -0.1) is 0 Å². The predicted octanol–water partition coefficient (Wildman–Crippen LogP) is 2.60. The van der Waals surface area contributed by atoms with Crippen LogP contribution < -0.4 is 4.74 Å². The number of piperidine rings is 1. The third-order valence-corrected chi connectivity index (χ3v) is 4.49. The van der Waals surface area contributed by atoms with E-state index >= 15 is 0 Å². The zero-order chi connectivity index (χ0) is 17.6. The number of ether oxygens (including phenoxy) is 1. The van der Waals surface area contributed by atoms with Gasteiger partial charge in [-0.05, 0) is 50.5 Å². The van der Waals surface area contributed by atoms with E-state index in [1.54, 1.807) is 37.4 Å². The summed E-state index contributed by atoms with van der Waals surface area (Å²) in [5.41, 5.74) is 0.520. The molecular formula is C19H22N4O2. The number of hydrogen-bond acceptors (Lipinski definition) is 4. The lowest BCUT2D eigenvalue weighted by Crippen LogP contribution is -2.50. The van der Waals surface area contributed by atoms with E-state index in [9.17, 15) is 4.79 Å². The van der Waals surface area contributed by atoms with Crippen LogP contribution in [0.25, 0.3) is 0 Å². The van der Waals surface area contributed by atoms with Gasteiger partial charge in [0.15, 0.2) is 6.10 Å². The van der Waals surface area contributed by atoms with Crippen LogP contribution in [0.1, 0.15) is 31.7 Å². The van der Waals surface area contributed by atoms with Crippen molar-refractivity contribution in [3.05, 3.63) is 48.3 Å². The van der Waals surface area contributed by atoms with Crippen LogP contribution >= 0.6 is 0 Å². The van der Waals surface area contributed by atoms with Gasteiger partial charge in [-0.25, -0.2) is 0 Å². The lowest BCUT2D eigenvalue weighted by atomic mass is 10.0. The first kappa shape index (κ1) is 17.0. The molecule has 1 fully saturated rings. The second-order valence-electron chi connectivity index (χ2n) is 6.31. The summed E-state index contributed by atoms with van der Waals surface area (Å²) in [6.45, 7) is 3.22. The molecular weight excluding hydrogens is 316 g/mol.